The highest BCUT2D eigenvalue weighted by Crippen LogP contribution is 2.48. The van der Waals surface area contributed by atoms with E-state index in [1.54, 1.807) is 13.8 Å². The van der Waals surface area contributed by atoms with Gasteiger partial charge in [0.2, 0.25) is 0 Å². The van der Waals surface area contributed by atoms with Crippen LogP contribution in [0.4, 0.5) is 0 Å². The monoisotopic (exact) mass is 314 g/mol. The van der Waals surface area contributed by atoms with Crippen molar-refractivity contribution in [1.82, 2.24) is 0 Å². The number of rotatable bonds is 5. The first-order valence-electron chi connectivity index (χ1n) is 8.00. The summed E-state index contributed by atoms with van der Waals surface area (Å²) in [6, 6.07) is 0. The Morgan fingerprint density at radius 2 is 1.73 bits per heavy atom. The second kappa shape index (κ2) is 6.96. The van der Waals surface area contributed by atoms with Crippen molar-refractivity contribution >= 4 is 11.9 Å². The van der Waals surface area contributed by atoms with E-state index in [-0.39, 0.29) is 17.9 Å². The van der Waals surface area contributed by atoms with Crippen LogP contribution in [0.3, 0.4) is 0 Å². The zero-order valence-corrected chi connectivity index (χ0v) is 13.7. The molecular weight excluding hydrogens is 288 g/mol. The van der Waals surface area contributed by atoms with Gasteiger partial charge in [0.15, 0.2) is 5.79 Å². The predicted octanol–water partition coefficient (Wildman–Crippen LogP) is 2.05. The van der Waals surface area contributed by atoms with Crippen molar-refractivity contribution in [1.29, 1.82) is 0 Å². The van der Waals surface area contributed by atoms with Crippen LogP contribution in [0.25, 0.3) is 0 Å². The number of esters is 2. The van der Waals surface area contributed by atoms with Crippen LogP contribution in [-0.4, -0.2) is 44.7 Å². The van der Waals surface area contributed by atoms with Crippen LogP contribution in [0.15, 0.2) is 0 Å². The van der Waals surface area contributed by atoms with Crippen LogP contribution in [0, 0.1) is 11.3 Å². The minimum absolute atomic E-state index is 0.224. The van der Waals surface area contributed by atoms with E-state index in [9.17, 15) is 9.59 Å². The van der Waals surface area contributed by atoms with Gasteiger partial charge in [-0.25, -0.2) is 0 Å². The normalized spacial score (nSPS) is 24.0. The molecule has 0 radical (unpaired) electrons. The molecule has 126 valence electrons. The molecule has 1 aliphatic carbocycles. The molecule has 1 atom stereocenters. The van der Waals surface area contributed by atoms with E-state index in [0.29, 0.717) is 51.9 Å². The van der Waals surface area contributed by atoms with Crippen LogP contribution in [-0.2, 0) is 28.5 Å². The third-order valence-corrected chi connectivity index (χ3v) is 4.79. The summed E-state index contributed by atoms with van der Waals surface area (Å²) in [6.45, 7) is 5.13. The maximum atomic E-state index is 12.5. The van der Waals surface area contributed by atoms with Gasteiger partial charge in [-0.15, -0.1) is 0 Å². The first-order chi connectivity index (χ1) is 10.5. The fourth-order valence-electron chi connectivity index (χ4n) is 3.54. The molecule has 2 rings (SSSR count). The second-order valence-corrected chi connectivity index (χ2v) is 6.24. The molecule has 1 unspecified atom stereocenters. The average molecular weight is 314 g/mol. The summed E-state index contributed by atoms with van der Waals surface area (Å²) in [4.78, 5) is 24.2. The van der Waals surface area contributed by atoms with E-state index in [1.807, 2.05) is 0 Å². The summed E-state index contributed by atoms with van der Waals surface area (Å²) in [7, 11) is 1.37. The average Bonchev–Trinajstić information content (AvgIpc) is 2.98. The van der Waals surface area contributed by atoms with Gasteiger partial charge in [-0.1, -0.05) is 6.92 Å². The highest BCUT2D eigenvalue weighted by Gasteiger charge is 2.51. The Kier molecular flexibility index (Phi) is 5.45. The van der Waals surface area contributed by atoms with Gasteiger partial charge in [0.25, 0.3) is 0 Å². The van der Waals surface area contributed by atoms with Gasteiger partial charge in [0.1, 0.15) is 0 Å². The maximum absolute atomic E-state index is 12.5. The van der Waals surface area contributed by atoms with Crippen LogP contribution in [0.1, 0.15) is 46.0 Å². The van der Waals surface area contributed by atoms with Crippen molar-refractivity contribution in [3.05, 3.63) is 0 Å². The number of carbonyl (C=O) groups is 2. The molecule has 6 nitrogen and oxygen atoms in total. The topological polar surface area (TPSA) is 71.1 Å². The van der Waals surface area contributed by atoms with E-state index in [4.69, 9.17) is 18.9 Å². The van der Waals surface area contributed by atoms with Gasteiger partial charge in [-0.05, 0) is 26.2 Å². The van der Waals surface area contributed by atoms with E-state index in [2.05, 4.69) is 0 Å². The highest BCUT2D eigenvalue weighted by molar-refractivity contribution is 5.79. The lowest BCUT2D eigenvalue weighted by Crippen LogP contribution is -2.45. The zero-order valence-electron chi connectivity index (χ0n) is 13.7. The summed E-state index contributed by atoms with van der Waals surface area (Å²) in [6.07, 6.45) is 2.95. The SMILES string of the molecule is CCOC(=O)C1(CC(C)C(=O)OC)CCC2(CC1)OCCO2. The van der Waals surface area contributed by atoms with E-state index in [1.165, 1.54) is 7.11 Å². The molecule has 0 N–H and O–H groups in total. The summed E-state index contributed by atoms with van der Waals surface area (Å²) in [5.74, 6) is -1.39. The fraction of sp³-hybridized carbons (Fsp3) is 0.875. The third kappa shape index (κ3) is 3.43. The number of methoxy groups -OCH3 is 1. The molecule has 1 spiro atoms. The molecule has 0 amide bonds. The second-order valence-electron chi connectivity index (χ2n) is 6.24. The fourth-order valence-corrected chi connectivity index (χ4v) is 3.54. The minimum Gasteiger partial charge on any atom is -0.469 e. The molecule has 1 saturated carbocycles. The third-order valence-electron chi connectivity index (χ3n) is 4.79. The van der Waals surface area contributed by atoms with Crippen molar-refractivity contribution in [2.75, 3.05) is 26.9 Å². The van der Waals surface area contributed by atoms with Crippen molar-refractivity contribution in [3.8, 4) is 0 Å². The predicted molar refractivity (Wildman–Crippen MR) is 78.0 cm³/mol. The lowest BCUT2D eigenvalue weighted by molar-refractivity contribution is -0.201. The maximum Gasteiger partial charge on any atom is 0.312 e. The van der Waals surface area contributed by atoms with Gasteiger partial charge in [-0.3, -0.25) is 9.59 Å². The van der Waals surface area contributed by atoms with Crippen LogP contribution in [0.5, 0.6) is 0 Å². The van der Waals surface area contributed by atoms with Crippen LogP contribution in [0.2, 0.25) is 0 Å². The van der Waals surface area contributed by atoms with Gasteiger partial charge in [0, 0.05) is 12.8 Å². The molecule has 2 fully saturated rings. The van der Waals surface area contributed by atoms with E-state index in [0.717, 1.165) is 0 Å². The molecule has 0 bridgehead atoms. The van der Waals surface area contributed by atoms with Crippen LogP contribution >= 0.6 is 0 Å². The molecule has 0 aromatic rings. The highest BCUT2D eigenvalue weighted by atomic mass is 16.7. The molecule has 0 aromatic heterocycles. The Labute approximate surface area is 131 Å². The first kappa shape index (κ1) is 17.2. The van der Waals surface area contributed by atoms with Crippen molar-refractivity contribution in [2.45, 2.75) is 51.7 Å². The van der Waals surface area contributed by atoms with Crippen LogP contribution < -0.4 is 0 Å². The van der Waals surface area contributed by atoms with Crippen molar-refractivity contribution in [3.63, 3.8) is 0 Å². The smallest absolute Gasteiger partial charge is 0.312 e. The standard InChI is InChI=1S/C16H26O6/c1-4-20-14(18)15(11-12(2)13(17)19-3)5-7-16(8-6-15)21-9-10-22-16/h12H,4-11H2,1-3H3. The zero-order chi connectivity index (χ0) is 16.2. The van der Waals surface area contributed by atoms with Gasteiger partial charge >= 0.3 is 11.9 Å². The Morgan fingerprint density at radius 1 is 1.14 bits per heavy atom. The lowest BCUT2D eigenvalue weighted by atomic mass is 9.67. The quantitative estimate of drug-likeness (QED) is 0.723. The number of hydrogen-bond donors (Lipinski definition) is 0. The van der Waals surface area contributed by atoms with E-state index < -0.39 is 11.2 Å². The molecule has 1 aliphatic heterocycles. The molecule has 2 aliphatic rings. The Morgan fingerprint density at radius 3 is 2.23 bits per heavy atom. The Bertz CT molecular complexity index is 403. The number of hydrogen-bond acceptors (Lipinski definition) is 6. The van der Waals surface area contributed by atoms with Gasteiger partial charge < -0.3 is 18.9 Å². The van der Waals surface area contributed by atoms with Crippen molar-refractivity contribution in [2.24, 2.45) is 11.3 Å². The summed E-state index contributed by atoms with van der Waals surface area (Å²) >= 11 is 0. The largest absolute Gasteiger partial charge is 0.469 e. The van der Waals surface area contributed by atoms with Gasteiger partial charge in [0.05, 0.1) is 38.3 Å². The Balaban J connectivity index is 2.10. The summed E-state index contributed by atoms with van der Waals surface area (Å²) in [5.41, 5.74) is -0.649. The molecule has 6 heteroatoms. The minimum atomic E-state index is -0.649. The van der Waals surface area contributed by atoms with E-state index >= 15 is 0 Å². The van der Waals surface area contributed by atoms with Gasteiger partial charge in [-0.2, -0.15) is 0 Å². The number of carbonyl (C=O) groups excluding carboxylic acids is 2. The molecule has 1 saturated heterocycles. The first-order valence-corrected chi connectivity index (χ1v) is 8.00. The molecule has 1 heterocycles. The van der Waals surface area contributed by atoms with Crippen molar-refractivity contribution < 1.29 is 28.5 Å². The number of ether oxygens (including phenoxy) is 4. The summed E-state index contributed by atoms with van der Waals surface area (Å²) in [5, 5.41) is 0. The molecule has 0 aromatic carbocycles. The lowest BCUT2D eigenvalue weighted by Gasteiger charge is -2.42. The Hall–Kier alpha value is -1.14. The molecule has 22 heavy (non-hydrogen) atoms. The summed E-state index contributed by atoms with van der Waals surface area (Å²) < 4.78 is 21.5. The molecular formula is C16H26O6.